The number of nitrogens with one attached hydrogen (secondary N) is 2. The maximum Gasteiger partial charge on any atom is 0.193 e. The topological polar surface area (TPSA) is 59.6 Å². The largest absolute Gasteiger partial charge is 0.493 e. The van der Waals surface area contributed by atoms with Gasteiger partial charge in [0.15, 0.2) is 22.4 Å². The molecule has 1 atom stereocenters. The zero-order valence-electron chi connectivity index (χ0n) is 20.3. The summed E-state index contributed by atoms with van der Waals surface area (Å²) in [4.78, 5) is 13.9. The van der Waals surface area contributed by atoms with E-state index in [0.717, 1.165) is 16.7 Å². The van der Waals surface area contributed by atoms with Gasteiger partial charge in [-0.25, -0.2) is 0 Å². The fourth-order valence-electron chi connectivity index (χ4n) is 4.35. The minimum absolute atomic E-state index is 0.0877. The first kappa shape index (κ1) is 24.3. The number of benzene rings is 4. The number of ketones is 1. The highest BCUT2D eigenvalue weighted by molar-refractivity contribution is 7.80. The van der Waals surface area contributed by atoms with Crippen molar-refractivity contribution in [2.45, 2.75) is 12.6 Å². The molecular weight excluding hydrogens is 480 g/mol. The van der Waals surface area contributed by atoms with E-state index in [1.54, 1.807) is 7.11 Å². The van der Waals surface area contributed by atoms with Crippen LogP contribution in [-0.2, 0) is 6.61 Å². The van der Waals surface area contributed by atoms with Crippen LogP contribution in [-0.4, -0.2) is 18.0 Å². The van der Waals surface area contributed by atoms with E-state index in [1.165, 1.54) is 0 Å². The summed E-state index contributed by atoms with van der Waals surface area (Å²) >= 11 is 5.58. The van der Waals surface area contributed by atoms with Gasteiger partial charge in [0.2, 0.25) is 0 Å². The lowest BCUT2D eigenvalue weighted by molar-refractivity contribution is 0.102. The second-order valence-corrected chi connectivity index (χ2v) is 8.97. The van der Waals surface area contributed by atoms with Crippen LogP contribution in [0.15, 0.2) is 115 Å². The summed E-state index contributed by atoms with van der Waals surface area (Å²) < 4.78 is 11.7. The number of hydrogen-bond acceptors (Lipinski definition) is 4. The van der Waals surface area contributed by atoms with Gasteiger partial charge in [-0.3, -0.25) is 4.79 Å². The predicted molar refractivity (Wildman–Crippen MR) is 150 cm³/mol. The third-order valence-electron chi connectivity index (χ3n) is 6.17. The lowest BCUT2D eigenvalue weighted by Crippen LogP contribution is -2.44. The predicted octanol–water partition coefficient (Wildman–Crippen LogP) is 6.09. The van der Waals surface area contributed by atoms with Gasteiger partial charge in [-0.2, -0.15) is 0 Å². The third kappa shape index (κ3) is 5.39. The molecule has 1 aliphatic heterocycles. The van der Waals surface area contributed by atoms with Crippen LogP contribution in [0.2, 0.25) is 0 Å². The van der Waals surface area contributed by atoms with Gasteiger partial charge >= 0.3 is 0 Å². The number of hydrogen-bond donors (Lipinski definition) is 2. The Bertz CT molecular complexity index is 1440. The van der Waals surface area contributed by atoms with E-state index in [2.05, 4.69) is 10.6 Å². The summed E-state index contributed by atoms with van der Waals surface area (Å²) in [5, 5.41) is 6.98. The zero-order chi connectivity index (χ0) is 25.6. The van der Waals surface area contributed by atoms with Gasteiger partial charge < -0.3 is 20.1 Å². The highest BCUT2D eigenvalue weighted by Gasteiger charge is 2.33. The molecule has 37 heavy (non-hydrogen) atoms. The fraction of sp³-hybridized carbons (Fsp3) is 0.0968. The van der Waals surface area contributed by atoms with Crippen LogP contribution in [0.1, 0.15) is 33.1 Å². The molecule has 0 fully saturated rings. The quantitative estimate of drug-likeness (QED) is 0.223. The summed E-state index contributed by atoms with van der Waals surface area (Å²) in [5.41, 5.74) is 4.63. The molecule has 0 saturated heterocycles. The van der Waals surface area contributed by atoms with Crippen LogP contribution in [0.3, 0.4) is 0 Å². The first-order valence-electron chi connectivity index (χ1n) is 12.0. The summed E-state index contributed by atoms with van der Waals surface area (Å²) in [6.07, 6.45) is 0. The van der Waals surface area contributed by atoms with Crippen molar-refractivity contribution in [1.82, 2.24) is 10.6 Å². The summed E-state index contributed by atoms with van der Waals surface area (Å²) in [6, 6.07) is 34.2. The lowest BCUT2D eigenvalue weighted by Gasteiger charge is -2.32. The Kier molecular flexibility index (Phi) is 7.28. The smallest absolute Gasteiger partial charge is 0.193 e. The molecule has 0 aliphatic carbocycles. The first-order valence-corrected chi connectivity index (χ1v) is 12.4. The second kappa shape index (κ2) is 11.1. The van der Waals surface area contributed by atoms with Gasteiger partial charge in [-0.1, -0.05) is 97.1 Å². The summed E-state index contributed by atoms with van der Waals surface area (Å²) in [5.74, 6) is 1.11. The lowest BCUT2D eigenvalue weighted by atomic mass is 9.87. The molecule has 0 aromatic heterocycles. The Labute approximate surface area is 221 Å². The molecule has 0 amide bonds. The molecule has 6 heteroatoms. The molecule has 5 rings (SSSR count). The third-order valence-corrected chi connectivity index (χ3v) is 6.39. The monoisotopic (exact) mass is 506 g/mol. The average Bonchev–Trinajstić information content (AvgIpc) is 2.96. The van der Waals surface area contributed by atoms with Crippen molar-refractivity contribution in [3.63, 3.8) is 0 Å². The molecule has 0 unspecified atom stereocenters. The fourth-order valence-corrected chi connectivity index (χ4v) is 4.57. The number of rotatable bonds is 8. The number of carbonyl (C=O) groups excluding carboxylic acids is 1. The van der Waals surface area contributed by atoms with E-state index in [1.807, 2.05) is 109 Å². The molecule has 2 N–H and O–H groups in total. The van der Waals surface area contributed by atoms with Crippen LogP contribution in [0, 0.1) is 0 Å². The van der Waals surface area contributed by atoms with Gasteiger partial charge in [-0.05, 0) is 41.0 Å². The van der Waals surface area contributed by atoms with Crippen molar-refractivity contribution in [1.29, 1.82) is 0 Å². The number of methoxy groups -OCH3 is 1. The maximum absolute atomic E-state index is 13.9. The van der Waals surface area contributed by atoms with Crippen LogP contribution in [0.25, 0.3) is 5.70 Å². The normalized spacial score (nSPS) is 14.9. The molecule has 0 saturated carbocycles. The van der Waals surface area contributed by atoms with Gasteiger partial charge in [0.25, 0.3) is 0 Å². The average molecular weight is 507 g/mol. The Morgan fingerprint density at radius 1 is 0.838 bits per heavy atom. The number of Topliss-reactive ketones (excluding diaryl/α,β-unsaturated/α-hetero) is 1. The highest BCUT2D eigenvalue weighted by Crippen LogP contribution is 2.37. The summed E-state index contributed by atoms with van der Waals surface area (Å²) in [7, 11) is 1.61. The molecule has 0 radical (unpaired) electrons. The Morgan fingerprint density at radius 2 is 1.49 bits per heavy atom. The molecule has 1 heterocycles. The number of thiocarbonyl (C=S) groups is 1. The van der Waals surface area contributed by atoms with Gasteiger partial charge in [0.05, 0.1) is 24.4 Å². The van der Waals surface area contributed by atoms with E-state index in [-0.39, 0.29) is 5.78 Å². The Morgan fingerprint density at radius 3 is 2.16 bits per heavy atom. The summed E-state index contributed by atoms with van der Waals surface area (Å²) in [6.45, 7) is 0.419. The van der Waals surface area contributed by atoms with Gasteiger partial charge in [0.1, 0.15) is 6.61 Å². The number of carbonyl (C=O) groups is 1. The minimum Gasteiger partial charge on any atom is -0.493 e. The van der Waals surface area contributed by atoms with Crippen molar-refractivity contribution in [3.05, 3.63) is 137 Å². The van der Waals surface area contributed by atoms with E-state index in [4.69, 9.17) is 21.7 Å². The van der Waals surface area contributed by atoms with E-state index in [0.29, 0.717) is 40.1 Å². The minimum atomic E-state index is -0.492. The molecule has 5 nitrogen and oxygen atoms in total. The molecule has 4 aromatic carbocycles. The van der Waals surface area contributed by atoms with Crippen molar-refractivity contribution in [2.75, 3.05) is 7.11 Å². The van der Waals surface area contributed by atoms with Crippen molar-refractivity contribution in [2.24, 2.45) is 0 Å². The maximum atomic E-state index is 13.9. The Hall–Kier alpha value is -4.42. The van der Waals surface area contributed by atoms with Crippen LogP contribution in [0.4, 0.5) is 0 Å². The number of ether oxygens (including phenoxy) is 2. The zero-order valence-corrected chi connectivity index (χ0v) is 21.1. The Balaban J connectivity index is 1.56. The van der Waals surface area contributed by atoms with E-state index >= 15 is 0 Å². The van der Waals surface area contributed by atoms with Crippen LogP contribution in [0.5, 0.6) is 11.5 Å². The molecule has 184 valence electrons. The van der Waals surface area contributed by atoms with Gasteiger partial charge in [-0.15, -0.1) is 0 Å². The first-order chi connectivity index (χ1) is 18.1. The van der Waals surface area contributed by atoms with Gasteiger partial charge in [0, 0.05) is 5.56 Å². The van der Waals surface area contributed by atoms with E-state index < -0.39 is 6.04 Å². The molecular formula is C31H26N2O3S. The second-order valence-electron chi connectivity index (χ2n) is 8.57. The van der Waals surface area contributed by atoms with Crippen LogP contribution < -0.4 is 20.1 Å². The highest BCUT2D eigenvalue weighted by atomic mass is 32.1. The van der Waals surface area contributed by atoms with Crippen molar-refractivity contribution in [3.8, 4) is 11.5 Å². The van der Waals surface area contributed by atoms with Crippen molar-refractivity contribution < 1.29 is 14.3 Å². The molecule has 4 aromatic rings. The van der Waals surface area contributed by atoms with Crippen LogP contribution >= 0.6 is 12.2 Å². The standard InChI is InChI=1S/C31H26N2O3S/c1-35-26-19-24(17-18-25(26)36-20-21-11-5-2-6-12-21)29-27(30(34)23-15-9-4-10-16-23)28(32-31(37)33-29)22-13-7-3-8-14-22/h2-19,29H,20H2,1H3,(H2,32,33,37)/t29-/m0/s1. The molecule has 1 aliphatic rings. The van der Waals surface area contributed by atoms with Crippen molar-refractivity contribution >= 4 is 28.8 Å². The van der Waals surface area contributed by atoms with E-state index in [9.17, 15) is 4.79 Å². The molecule has 0 spiro atoms. The SMILES string of the molecule is COc1cc([C@@H]2NC(=S)NC(c3ccccc3)=C2C(=O)c2ccccc2)ccc1OCc1ccccc1. The molecule has 0 bridgehead atoms.